The minimum absolute atomic E-state index is 0.0727. The van der Waals surface area contributed by atoms with Gasteiger partial charge in [0, 0.05) is 5.57 Å². The van der Waals surface area contributed by atoms with Gasteiger partial charge in [0.25, 0.3) is 0 Å². The van der Waals surface area contributed by atoms with Gasteiger partial charge in [-0.15, -0.1) is 0 Å². The molecule has 0 heterocycles. The van der Waals surface area contributed by atoms with Crippen LogP contribution in [-0.4, -0.2) is 31.7 Å². The lowest BCUT2D eigenvalue weighted by molar-refractivity contribution is -0.118. The molecule has 1 aliphatic rings. The van der Waals surface area contributed by atoms with Crippen molar-refractivity contribution < 1.29 is 14.6 Å². The van der Waals surface area contributed by atoms with Gasteiger partial charge >= 0.3 is 0 Å². The van der Waals surface area contributed by atoms with Crippen LogP contribution in [0, 0.1) is 5.41 Å². The summed E-state index contributed by atoms with van der Waals surface area (Å²) in [6.45, 7) is 14.0. The van der Waals surface area contributed by atoms with Crippen molar-refractivity contribution in [3.8, 4) is 0 Å². The van der Waals surface area contributed by atoms with Crippen LogP contribution in [0.4, 0.5) is 0 Å². The van der Waals surface area contributed by atoms with Crippen LogP contribution >= 0.6 is 0 Å². The molecule has 1 rings (SSSR count). The number of allylic oxidation sites excluding steroid dienone is 1. The molecule has 104 valence electrons. The molecule has 1 N–H and O–H groups in total. The van der Waals surface area contributed by atoms with Crippen LogP contribution in [0.5, 0.6) is 0 Å². The van der Waals surface area contributed by atoms with Crippen LogP contribution in [0.3, 0.4) is 0 Å². The first-order valence-corrected chi connectivity index (χ1v) is 9.98. The van der Waals surface area contributed by atoms with Crippen LogP contribution in [0.25, 0.3) is 0 Å². The standard InChI is InChI=1S/C14H26O3Si/c1-13(2,3)9-10(15)12(18(6,7)8)14(4,16)11(9)17-5/h12,16H,1-8H3/t12-,14-/m0/s1. The molecule has 0 fully saturated rings. The van der Waals surface area contributed by atoms with E-state index in [4.69, 9.17) is 4.74 Å². The summed E-state index contributed by atoms with van der Waals surface area (Å²) in [5, 5.41) is 10.8. The van der Waals surface area contributed by atoms with Gasteiger partial charge in [-0.05, 0) is 12.3 Å². The molecule has 18 heavy (non-hydrogen) atoms. The van der Waals surface area contributed by atoms with Gasteiger partial charge in [0.05, 0.1) is 20.7 Å². The highest BCUT2D eigenvalue weighted by atomic mass is 28.3. The molecule has 0 bridgehead atoms. The second kappa shape index (κ2) is 4.20. The summed E-state index contributed by atoms with van der Waals surface area (Å²) in [6, 6.07) is 0. The van der Waals surface area contributed by atoms with Crippen molar-refractivity contribution in [3.63, 3.8) is 0 Å². The lowest BCUT2D eigenvalue weighted by Gasteiger charge is -2.34. The van der Waals surface area contributed by atoms with Crippen LogP contribution in [0.15, 0.2) is 11.3 Å². The summed E-state index contributed by atoms with van der Waals surface area (Å²) < 4.78 is 5.39. The van der Waals surface area contributed by atoms with Crippen molar-refractivity contribution in [2.45, 2.75) is 58.5 Å². The fraction of sp³-hybridized carbons (Fsp3) is 0.786. The molecule has 0 aliphatic heterocycles. The Kier molecular flexibility index (Phi) is 3.61. The number of rotatable bonds is 2. The Labute approximate surface area is 111 Å². The highest BCUT2D eigenvalue weighted by molar-refractivity contribution is 6.81. The molecule has 0 amide bonds. The zero-order valence-corrected chi connectivity index (χ0v) is 13.8. The van der Waals surface area contributed by atoms with Gasteiger partial charge in [0.1, 0.15) is 11.4 Å². The minimum Gasteiger partial charge on any atom is -0.498 e. The lowest BCUT2D eigenvalue weighted by atomic mass is 9.85. The molecular weight excluding hydrogens is 244 g/mol. The molecule has 0 aromatic heterocycles. The van der Waals surface area contributed by atoms with Gasteiger partial charge < -0.3 is 9.84 Å². The fourth-order valence-corrected chi connectivity index (χ4v) is 5.90. The summed E-state index contributed by atoms with van der Waals surface area (Å²) >= 11 is 0. The number of carbonyl (C=O) groups is 1. The van der Waals surface area contributed by atoms with Crippen LogP contribution in [0.1, 0.15) is 27.7 Å². The number of ketones is 1. The molecule has 1 aliphatic carbocycles. The average Bonchev–Trinajstić information content (AvgIpc) is 2.28. The van der Waals surface area contributed by atoms with Crippen LogP contribution in [0.2, 0.25) is 25.2 Å². The predicted molar refractivity (Wildman–Crippen MR) is 76.2 cm³/mol. The minimum atomic E-state index is -1.82. The Bertz CT molecular complexity index is 394. The molecule has 4 heteroatoms. The molecule has 0 spiro atoms. The molecule has 0 aromatic carbocycles. The number of Topliss-reactive ketones (excluding diaryl/α,β-unsaturated/α-hetero) is 1. The first-order valence-electron chi connectivity index (χ1n) is 6.41. The van der Waals surface area contributed by atoms with E-state index in [9.17, 15) is 9.90 Å². The Morgan fingerprint density at radius 2 is 1.72 bits per heavy atom. The maximum Gasteiger partial charge on any atom is 0.166 e. The number of aliphatic hydroxyl groups is 1. The fourth-order valence-electron chi connectivity index (χ4n) is 3.15. The van der Waals surface area contributed by atoms with Gasteiger partial charge in [0.2, 0.25) is 0 Å². The molecule has 0 saturated carbocycles. The van der Waals surface area contributed by atoms with Gasteiger partial charge in [-0.2, -0.15) is 0 Å². The van der Waals surface area contributed by atoms with Crippen molar-refractivity contribution in [1.82, 2.24) is 0 Å². The number of hydrogen-bond acceptors (Lipinski definition) is 3. The normalized spacial score (nSPS) is 30.1. The van der Waals surface area contributed by atoms with E-state index in [-0.39, 0.29) is 16.7 Å². The van der Waals surface area contributed by atoms with Crippen molar-refractivity contribution in [2.24, 2.45) is 5.41 Å². The molecule has 0 aromatic rings. The van der Waals surface area contributed by atoms with Crippen molar-refractivity contribution in [2.75, 3.05) is 7.11 Å². The number of hydrogen-bond donors (Lipinski definition) is 1. The second-order valence-corrected chi connectivity index (χ2v) is 12.8. The quantitative estimate of drug-likeness (QED) is 0.785. The summed E-state index contributed by atoms with van der Waals surface area (Å²) in [6.07, 6.45) is 0. The summed E-state index contributed by atoms with van der Waals surface area (Å²) in [4.78, 5) is 12.7. The topological polar surface area (TPSA) is 46.5 Å². The maximum atomic E-state index is 12.7. The average molecular weight is 270 g/mol. The Morgan fingerprint density at radius 1 is 1.28 bits per heavy atom. The van der Waals surface area contributed by atoms with Crippen LogP contribution < -0.4 is 0 Å². The highest BCUT2D eigenvalue weighted by Crippen LogP contribution is 2.51. The largest absolute Gasteiger partial charge is 0.498 e. The van der Waals surface area contributed by atoms with E-state index in [1.165, 1.54) is 7.11 Å². The smallest absolute Gasteiger partial charge is 0.166 e. The Hall–Kier alpha value is -0.613. The van der Waals surface area contributed by atoms with Crippen molar-refractivity contribution in [3.05, 3.63) is 11.3 Å². The Balaban J connectivity index is 3.47. The van der Waals surface area contributed by atoms with Crippen LogP contribution in [-0.2, 0) is 9.53 Å². The third-order valence-electron chi connectivity index (χ3n) is 3.58. The molecule has 0 saturated heterocycles. The monoisotopic (exact) mass is 270 g/mol. The molecule has 2 atom stereocenters. The third-order valence-corrected chi connectivity index (χ3v) is 6.13. The predicted octanol–water partition coefficient (Wildman–Crippen LogP) is 2.98. The zero-order valence-electron chi connectivity index (χ0n) is 12.8. The van der Waals surface area contributed by atoms with Gasteiger partial charge in [0.15, 0.2) is 5.78 Å². The first kappa shape index (κ1) is 15.4. The maximum absolute atomic E-state index is 12.7. The van der Waals surface area contributed by atoms with E-state index in [0.29, 0.717) is 11.3 Å². The molecular formula is C14H26O3Si. The van der Waals surface area contributed by atoms with E-state index in [0.717, 1.165) is 0 Å². The van der Waals surface area contributed by atoms with Gasteiger partial charge in [-0.1, -0.05) is 40.4 Å². The first-order chi connectivity index (χ1) is 7.85. The van der Waals surface area contributed by atoms with Crippen molar-refractivity contribution >= 4 is 13.9 Å². The molecule has 0 unspecified atom stereocenters. The number of ether oxygens (including phenoxy) is 1. The summed E-state index contributed by atoms with van der Waals surface area (Å²) in [5.74, 6) is 0.538. The molecule has 0 radical (unpaired) electrons. The van der Waals surface area contributed by atoms with E-state index >= 15 is 0 Å². The lowest BCUT2D eigenvalue weighted by Crippen LogP contribution is -2.45. The summed E-state index contributed by atoms with van der Waals surface area (Å²) in [5.41, 5.74) is -1.14. The van der Waals surface area contributed by atoms with Gasteiger partial charge in [-0.3, -0.25) is 4.79 Å². The molecule has 3 nitrogen and oxygen atoms in total. The van der Waals surface area contributed by atoms with Gasteiger partial charge in [-0.25, -0.2) is 0 Å². The Morgan fingerprint density at radius 3 is 1.94 bits per heavy atom. The zero-order chi connectivity index (χ0) is 14.5. The van der Waals surface area contributed by atoms with Crippen molar-refractivity contribution in [1.29, 1.82) is 0 Å². The third kappa shape index (κ3) is 2.28. The van der Waals surface area contributed by atoms with E-state index < -0.39 is 13.7 Å². The summed E-state index contributed by atoms with van der Waals surface area (Å²) in [7, 11) is -0.285. The van der Waals surface area contributed by atoms with E-state index in [1.807, 2.05) is 20.8 Å². The van der Waals surface area contributed by atoms with E-state index in [1.54, 1.807) is 6.92 Å². The second-order valence-electron chi connectivity index (χ2n) is 7.47. The van der Waals surface area contributed by atoms with E-state index in [2.05, 4.69) is 19.6 Å². The number of carbonyl (C=O) groups excluding carboxylic acids is 1. The SMILES string of the molecule is COC1=C(C(C)(C)C)C(=O)[C@H]([Si](C)(C)C)[C@@]1(C)O. The highest BCUT2D eigenvalue weighted by Gasteiger charge is 2.57. The number of methoxy groups -OCH3 is 1.